The number of nitrogens with one attached hydrogen (secondary N) is 1. The summed E-state index contributed by atoms with van der Waals surface area (Å²) in [7, 11) is 0. The second-order valence-electron chi connectivity index (χ2n) is 5.84. The Morgan fingerprint density at radius 1 is 1.43 bits per heavy atom. The lowest BCUT2D eigenvalue weighted by atomic mass is 10.0. The average molecular weight is 333 g/mol. The van der Waals surface area contributed by atoms with Gasteiger partial charge in [-0.05, 0) is 20.8 Å². The molecule has 2 aliphatic heterocycles. The zero-order valence-electron chi connectivity index (χ0n) is 12.2. The van der Waals surface area contributed by atoms with Gasteiger partial charge in [0.25, 0.3) is 5.91 Å². The third kappa shape index (κ3) is 3.18. The van der Waals surface area contributed by atoms with Gasteiger partial charge in [0.15, 0.2) is 0 Å². The van der Waals surface area contributed by atoms with Crippen LogP contribution in [0.1, 0.15) is 27.7 Å². The SMILES string of the molecule is CC(=O)NC1C(=O)N2C(C(=O)OC(C)(C)C)=C(Cl)CS[C@@H]12. The van der Waals surface area contributed by atoms with Crippen LogP contribution >= 0.6 is 23.4 Å². The number of carbonyl (C=O) groups excluding carboxylic acids is 3. The molecule has 1 unspecified atom stereocenters. The molecule has 0 aromatic heterocycles. The van der Waals surface area contributed by atoms with Gasteiger partial charge in [-0.15, -0.1) is 11.8 Å². The first-order valence-electron chi connectivity index (χ1n) is 6.45. The van der Waals surface area contributed by atoms with Crippen LogP contribution in [0.5, 0.6) is 0 Å². The summed E-state index contributed by atoms with van der Waals surface area (Å²) in [4.78, 5) is 36.8. The normalized spacial score (nSPS) is 25.2. The van der Waals surface area contributed by atoms with Crippen LogP contribution in [0.25, 0.3) is 0 Å². The van der Waals surface area contributed by atoms with Crippen LogP contribution < -0.4 is 5.32 Å². The minimum atomic E-state index is -0.674. The highest BCUT2D eigenvalue weighted by molar-refractivity contribution is 8.00. The second-order valence-corrected chi connectivity index (χ2v) is 7.40. The zero-order valence-corrected chi connectivity index (χ0v) is 13.8. The van der Waals surface area contributed by atoms with Gasteiger partial charge in [0.1, 0.15) is 22.7 Å². The maximum absolute atomic E-state index is 12.2. The van der Waals surface area contributed by atoms with Crippen molar-refractivity contribution in [3.63, 3.8) is 0 Å². The molecule has 0 saturated carbocycles. The van der Waals surface area contributed by atoms with Gasteiger partial charge in [-0.3, -0.25) is 14.5 Å². The van der Waals surface area contributed by atoms with Gasteiger partial charge in [-0.1, -0.05) is 11.6 Å². The molecule has 0 radical (unpaired) electrons. The predicted octanol–water partition coefficient (Wildman–Crippen LogP) is 1.20. The Hall–Kier alpha value is -1.21. The first-order chi connectivity index (χ1) is 9.61. The number of halogens is 1. The molecule has 0 bridgehead atoms. The van der Waals surface area contributed by atoms with Crippen LogP contribution in [0, 0.1) is 0 Å². The van der Waals surface area contributed by atoms with Gasteiger partial charge < -0.3 is 10.1 Å². The van der Waals surface area contributed by atoms with Crippen molar-refractivity contribution in [1.29, 1.82) is 0 Å². The van der Waals surface area contributed by atoms with E-state index in [-0.39, 0.29) is 22.9 Å². The third-order valence-electron chi connectivity index (χ3n) is 2.87. The van der Waals surface area contributed by atoms with Crippen molar-refractivity contribution in [3.05, 3.63) is 10.7 Å². The van der Waals surface area contributed by atoms with E-state index in [1.807, 2.05) is 0 Å². The lowest BCUT2D eigenvalue weighted by molar-refractivity contribution is -0.158. The van der Waals surface area contributed by atoms with E-state index >= 15 is 0 Å². The van der Waals surface area contributed by atoms with E-state index in [9.17, 15) is 14.4 Å². The molecule has 21 heavy (non-hydrogen) atoms. The van der Waals surface area contributed by atoms with Gasteiger partial charge in [0.2, 0.25) is 5.91 Å². The summed E-state index contributed by atoms with van der Waals surface area (Å²) in [6.07, 6.45) is 0. The fraction of sp³-hybridized carbons (Fsp3) is 0.615. The number of carbonyl (C=O) groups is 3. The molecule has 8 heteroatoms. The highest BCUT2D eigenvalue weighted by atomic mass is 35.5. The number of rotatable bonds is 2. The smallest absolute Gasteiger partial charge is 0.356 e. The minimum Gasteiger partial charge on any atom is -0.455 e. The van der Waals surface area contributed by atoms with Crippen LogP contribution in [-0.4, -0.2) is 45.5 Å². The summed E-state index contributed by atoms with van der Waals surface area (Å²) in [5.74, 6) is -0.845. The van der Waals surface area contributed by atoms with Gasteiger partial charge in [0.05, 0.1) is 5.03 Å². The molecular formula is C13H17ClN2O4S. The lowest BCUT2D eigenvalue weighted by Crippen LogP contribution is -2.70. The number of hydrogen-bond donors (Lipinski definition) is 1. The summed E-state index contributed by atoms with van der Waals surface area (Å²) < 4.78 is 5.29. The summed E-state index contributed by atoms with van der Waals surface area (Å²) in [6.45, 7) is 6.58. The summed E-state index contributed by atoms with van der Waals surface area (Å²) in [5.41, 5.74) is -0.589. The first-order valence-corrected chi connectivity index (χ1v) is 7.88. The van der Waals surface area contributed by atoms with E-state index in [1.54, 1.807) is 20.8 Å². The number of nitrogens with zero attached hydrogens (tertiary/aromatic N) is 1. The van der Waals surface area contributed by atoms with Crippen molar-refractivity contribution in [1.82, 2.24) is 10.2 Å². The van der Waals surface area contributed by atoms with Crippen molar-refractivity contribution >= 4 is 41.1 Å². The third-order valence-corrected chi connectivity index (χ3v) is 4.62. The maximum Gasteiger partial charge on any atom is 0.356 e. The number of fused-ring (bicyclic) bond motifs is 1. The van der Waals surface area contributed by atoms with Crippen LogP contribution in [0.4, 0.5) is 0 Å². The topological polar surface area (TPSA) is 75.7 Å². The van der Waals surface area contributed by atoms with Crippen molar-refractivity contribution in [2.24, 2.45) is 0 Å². The second kappa shape index (κ2) is 5.53. The van der Waals surface area contributed by atoms with Gasteiger partial charge >= 0.3 is 5.97 Å². The molecule has 1 fully saturated rings. The van der Waals surface area contributed by atoms with Crippen molar-refractivity contribution in [2.45, 2.75) is 44.7 Å². The summed E-state index contributed by atoms with van der Waals surface area (Å²) >= 11 is 7.50. The number of amides is 2. The fourth-order valence-corrected chi connectivity index (χ4v) is 3.66. The van der Waals surface area contributed by atoms with Crippen LogP contribution in [-0.2, 0) is 19.1 Å². The van der Waals surface area contributed by atoms with E-state index in [1.165, 1.54) is 23.6 Å². The number of β-lactam (4-membered cyclic amide) rings is 1. The molecule has 6 nitrogen and oxygen atoms in total. The van der Waals surface area contributed by atoms with Crippen LogP contribution in [0.2, 0.25) is 0 Å². The Balaban J connectivity index is 2.21. The minimum absolute atomic E-state index is 0.0851. The molecule has 1 N–H and O–H groups in total. The van der Waals surface area contributed by atoms with Gasteiger partial charge in [-0.25, -0.2) is 4.79 Å². The van der Waals surface area contributed by atoms with E-state index in [4.69, 9.17) is 16.3 Å². The highest BCUT2D eigenvalue weighted by Gasteiger charge is 2.54. The fourth-order valence-electron chi connectivity index (χ4n) is 2.12. The van der Waals surface area contributed by atoms with E-state index in [0.29, 0.717) is 10.8 Å². The summed E-state index contributed by atoms with van der Waals surface area (Å²) in [6, 6.07) is -0.616. The molecule has 2 rings (SSSR count). The van der Waals surface area contributed by atoms with Crippen molar-refractivity contribution < 1.29 is 19.1 Å². The molecule has 2 heterocycles. The standard InChI is InChI=1S/C13H17ClN2O4S/c1-6(17)15-8-10(18)16-9(7(14)5-21-11(8)16)12(19)20-13(2,3)4/h8,11H,5H2,1-4H3,(H,15,17)/t8?,11-/m0/s1. The van der Waals surface area contributed by atoms with Crippen molar-refractivity contribution in [3.8, 4) is 0 Å². The number of thioether (sulfide) groups is 1. The van der Waals surface area contributed by atoms with Crippen LogP contribution in [0.3, 0.4) is 0 Å². The van der Waals surface area contributed by atoms with Crippen molar-refractivity contribution in [2.75, 3.05) is 5.75 Å². The zero-order chi connectivity index (χ0) is 15.9. The predicted molar refractivity (Wildman–Crippen MR) is 79.4 cm³/mol. The Labute approximate surface area is 132 Å². The maximum atomic E-state index is 12.2. The van der Waals surface area contributed by atoms with Gasteiger partial charge in [0, 0.05) is 12.7 Å². The summed E-state index contributed by atoms with van der Waals surface area (Å²) in [5, 5.41) is 2.56. The Morgan fingerprint density at radius 2 is 2.05 bits per heavy atom. The Bertz CT molecular complexity index is 541. The highest BCUT2D eigenvalue weighted by Crippen LogP contribution is 2.41. The van der Waals surface area contributed by atoms with E-state index < -0.39 is 17.6 Å². The monoisotopic (exact) mass is 332 g/mol. The molecule has 0 aromatic carbocycles. The number of hydrogen-bond acceptors (Lipinski definition) is 5. The Kier molecular flexibility index (Phi) is 4.26. The molecule has 2 atom stereocenters. The Morgan fingerprint density at radius 3 is 2.57 bits per heavy atom. The molecule has 2 amide bonds. The molecule has 2 aliphatic rings. The van der Waals surface area contributed by atoms with E-state index in [0.717, 1.165) is 0 Å². The first kappa shape index (κ1) is 16.2. The number of esters is 1. The molecule has 1 saturated heterocycles. The molecule has 116 valence electrons. The van der Waals surface area contributed by atoms with Crippen LogP contribution in [0.15, 0.2) is 10.7 Å². The largest absolute Gasteiger partial charge is 0.455 e. The quantitative estimate of drug-likeness (QED) is 0.607. The van der Waals surface area contributed by atoms with Gasteiger partial charge in [-0.2, -0.15) is 0 Å². The van der Waals surface area contributed by atoms with E-state index in [2.05, 4.69) is 5.32 Å². The molecule has 0 aromatic rings. The molecule has 0 spiro atoms. The lowest BCUT2D eigenvalue weighted by Gasteiger charge is -2.49. The average Bonchev–Trinajstić information content (AvgIpc) is 2.33. The number of ether oxygens (including phenoxy) is 1. The molecule has 0 aliphatic carbocycles. The molecular weight excluding hydrogens is 316 g/mol.